The lowest BCUT2D eigenvalue weighted by molar-refractivity contribution is 0.0999. The quantitative estimate of drug-likeness (QED) is 0.860. The summed E-state index contributed by atoms with van der Waals surface area (Å²) >= 11 is 0. The first kappa shape index (κ1) is 18.5. The fraction of sp³-hybridized carbons (Fsp3) is 0.227. The van der Waals surface area contributed by atoms with Gasteiger partial charge in [-0.05, 0) is 72.2 Å². The molecule has 2 aliphatic rings. The number of carbonyl (C=O) groups excluding carboxylic acids is 1. The van der Waals surface area contributed by atoms with E-state index in [0.717, 1.165) is 38.8 Å². The molecule has 5 nitrogen and oxygen atoms in total. The summed E-state index contributed by atoms with van der Waals surface area (Å²) in [6, 6.07) is 9.60. The molecule has 2 aromatic carbocycles. The van der Waals surface area contributed by atoms with Crippen LogP contribution in [0.1, 0.15) is 40.9 Å². The van der Waals surface area contributed by atoms with Crippen molar-refractivity contribution in [1.29, 1.82) is 0 Å². The normalized spacial score (nSPS) is 15.6. The summed E-state index contributed by atoms with van der Waals surface area (Å²) in [4.78, 5) is 11.9. The third-order valence-corrected chi connectivity index (χ3v) is 7.22. The van der Waals surface area contributed by atoms with Gasteiger partial charge in [0.25, 0.3) is 10.0 Å². The van der Waals surface area contributed by atoms with E-state index in [1.165, 1.54) is 9.88 Å². The molecule has 0 bridgehead atoms. The van der Waals surface area contributed by atoms with Crippen LogP contribution in [0.3, 0.4) is 0 Å². The summed E-state index contributed by atoms with van der Waals surface area (Å²) in [6.45, 7) is 7.98. The molecule has 1 aliphatic carbocycles. The summed E-state index contributed by atoms with van der Waals surface area (Å²) < 4.78 is 26.1. The van der Waals surface area contributed by atoms with Crippen LogP contribution in [0.2, 0.25) is 0 Å². The van der Waals surface area contributed by atoms with Gasteiger partial charge in [0.1, 0.15) is 0 Å². The lowest BCUT2D eigenvalue weighted by Crippen LogP contribution is -2.26. The van der Waals surface area contributed by atoms with Crippen LogP contribution in [0.4, 0.5) is 5.69 Å². The lowest BCUT2D eigenvalue weighted by atomic mass is 9.90. The van der Waals surface area contributed by atoms with E-state index in [4.69, 9.17) is 5.73 Å². The zero-order valence-corrected chi connectivity index (χ0v) is 16.8. The maximum atomic E-state index is 12.4. The van der Waals surface area contributed by atoms with Gasteiger partial charge in [0, 0.05) is 17.5 Å². The molecular formula is C22H22N2O3S. The van der Waals surface area contributed by atoms with Gasteiger partial charge in [-0.3, -0.25) is 9.10 Å². The van der Waals surface area contributed by atoms with Crippen LogP contribution >= 0.6 is 0 Å². The van der Waals surface area contributed by atoms with Gasteiger partial charge in [-0.15, -0.1) is 0 Å². The number of hydrogen-bond donors (Lipinski definition) is 1. The van der Waals surface area contributed by atoms with E-state index < -0.39 is 15.9 Å². The number of amides is 1. The minimum Gasteiger partial charge on any atom is -0.366 e. The molecule has 2 aromatic rings. The maximum absolute atomic E-state index is 12.4. The maximum Gasteiger partial charge on any atom is 0.256 e. The number of hydrogen-bond acceptors (Lipinski definition) is 3. The van der Waals surface area contributed by atoms with Gasteiger partial charge in [-0.25, -0.2) is 8.42 Å². The van der Waals surface area contributed by atoms with E-state index in [0.29, 0.717) is 30.6 Å². The van der Waals surface area contributed by atoms with Gasteiger partial charge in [-0.1, -0.05) is 30.4 Å². The van der Waals surface area contributed by atoms with Crippen molar-refractivity contribution in [1.82, 2.24) is 0 Å². The van der Waals surface area contributed by atoms with Crippen molar-refractivity contribution in [2.24, 2.45) is 5.73 Å². The molecule has 0 radical (unpaired) electrons. The number of rotatable bonds is 4. The number of benzene rings is 2. The lowest BCUT2D eigenvalue weighted by Gasteiger charge is -2.19. The van der Waals surface area contributed by atoms with E-state index in [1.807, 2.05) is 24.3 Å². The monoisotopic (exact) mass is 394 g/mol. The molecule has 6 heteroatoms. The zero-order chi connectivity index (χ0) is 20.2. The van der Waals surface area contributed by atoms with E-state index in [1.54, 1.807) is 6.07 Å². The molecule has 1 aliphatic heterocycles. The fourth-order valence-electron chi connectivity index (χ4n) is 4.21. The van der Waals surface area contributed by atoms with Crippen molar-refractivity contribution < 1.29 is 13.2 Å². The first-order valence-corrected chi connectivity index (χ1v) is 10.7. The van der Waals surface area contributed by atoms with Gasteiger partial charge >= 0.3 is 0 Å². The Kier molecular flexibility index (Phi) is 4.19. The Balaban J connectivity index is 1.91. The summed E-state index contributed by atoms with van der Waals surface area (Å²) in [7, 11) is -3.53. The van der Waals surface area contributed by atoms with E-state index in [2.05, 4.69) is 20.4 Å². The number of carbonyl (C=O) groups is 1. The topological polar surface area (TPSA) is 80.5 Å². The minimum atomic E-state index is -3.53. The molecule has 1 amide bonds. The second kappa shape index (κ2) is 6.34. The molecule has 4 rings (SSSR count). The summed E-state index contributed by atoms with van der Waals surface area (Å²) in [6.07, 6.45) is 1.38. The van der Waals surface area contributed by atoms with Crippen molar-refractivity contribution in [3.63, 3.8) is 0 Å². The first-order chi connectivity index (χ1) is 13.2. The smallest absolute Gasteiger partial charge is 0.256 e. The van der Waals surface area contributed by atoms with Crippen LogP contribution in [0.25, 0.3) is 16.7 Å². The highest BCUT2D eigenvalue weighted by atomic mass is 32.2. The van der Waals surface area contributed by atoms with Gasteiger partial charge in [-0.2, -0.15) is 0 Å². The Hall–Kier alpha value is -2.86. The van der Waals surface area contributed by atoms with Crippen LogP contribution in [0.5, 0.6) is 0 Å². The molecule has 0 fully saturated rings. The Labute approximate surface area is 165 Å². The number of anilines is 1. The molecule has 144 valence electrons. The molecule has 0 saturated heterocycles. The third kappa shape index (κ3) is 2.67. The predicted octanol–water partition coefficient (Wildman–Crippen LogP) is 3.64. The average molecular weight is 394 g/mol. The molecule has 28 heavy (non-hydrogen) atoms. The fourth-order valence-corrected chi connectivity index (χ4v) is 5.18. The van der Waals surface area contributed by atoms with E-state index in [-0.39, 0.29) is 0 Å². The second-order valence-corrected chi connectivity index (χ2v) is 9.14. The number of nitrogens with zero attached hydrogens (tertiary/aromatic N) is 1. The van der Waals surface area contributed by atoms with E-state index >= 15 is 0 Å². The third-order valence-electron chi connectivity index (χ3n) is 5.80. The van der Waals surface area contributed by atoms with Crippen molar-refractivity contribution in [2.75, 3.05) is 10.8 Å². The van der Waals surface area contributed by atoms with Crippen LogP contribution in [0.15, 0.2) is 47.9 Å². The highest BCUT2D eigenvalue weighted by molar-refractivity contribution is 7.95. The number of allylic oxidation sites excluding steroid dienone is 2. The van der Waals surface area contributed by atoms with Crippen molar-refractivity contribution in [3.8, 4) is 11.1 Å². The molecular weight excluding hydrogens is 372 g/mol. The van der Waals surface area contributed by atoms with Crippen LogP contribution in [0, 0.1) is 0 Å². The number of nitrogens with two attached hydrogens (primary N) is 1. The van der Waals surface area contributed by atoms with Crippen molar-refractivity contribution >= 4 is 27.2 Å². The average Bonchev–Trinajstić information content (AvgIpc) is 3.22. The minimum absolute atomic E-state index is 0.421. The van der Waals surface area contributed by atoms with Crippen molar-refractivity contribution in [3.05, 3.63) is 70.1 Å². The molecule has 0 unspecified atom stereocenters. The molecule has 0 saturated carbocycles. The van der Waals surface area contributed by atoms with Gasteiger partial charge in [0.2, 0.25) is 5.91 Å². The summed E-state index contributed by atoms with van der Waals surface area (Å²) in [5.74, 6) is -0.428. The van der Waals surface area contributed by atoms with Crippen LogP contribution in [-0.2, 0) is 22.9 Å². The number of primary amides is 1. The Bertz CT molecular complexity index is 1180. The zero-order valence-electron chi connectivity index (χ0n) is 16.0. The van der Waals surface area contributed by atoms with Crippen molar-refractivity contribution in [2.45, 2.75) is 26.7 Å². The number of fused-ring (bicyclic) bond motifs is 2. The molecule has 2 N–H and O–H groups in total. The van der Waals surface area contributed by atoms with Gasteiger partial charge in [0.05, 0.1) is 5.69 Å². The Morgan fingerprint density at radius 1 is 1.21 bits per heavy atom. The molecule has 0 spiro atoms. The van der Waals surface area contributed by atoms with E-state index in [9.17, 15) is 13.2 Å². The standard InChI is InChI=1S/C22H22N2O3S/c1-4-28(26,27)24-10-9-15-5-6-16(12-20(15)24)17-7-8-18(22(23)25)19-11-13(2)14(3)21(17)19/h4-8,12H,1,9-11H2,2-3H3,(H2,23,25). The SMILES string of the molecule is C=CS(=O)(=O)N1CCc2ccc(-c3ccc(C(N)=O)c4c3C(C)=C(C)C4)cc21. The molecule has 0 atom stereocenters. The molecule has 1 heterocycles. The first-order valence-electron chi connectivity index (χ1n) is 9.15. The van der Waals surface area contributed by atoms with Crippen LogP contribution < -0.4 is 10.0 Å². The highest BCUT2D eigenvalue weighted by Crippen LogP contribution is 2.43. The van der Waals surface area contributed by atoms with Gasteiger partial charge < -0.3 is 5.73 Å². The predicted molar refractivity (Wildman–Crippen MR) is 113 cm³/mol. The largest absolute Gasteiger partial charge is 0.366 e. The Morgan fingerprint density at radius 3 is 2.64 bits per heavy atom. The summed E-state index contributed by atoms with van der Waals surface area (Å²) in [5.41, 5.74) is 14.1. The van der Waals surface area contributed by atoms with Gasteiger partial charge in [0.15, 0.2) is 0 Å². The highest BCUT2D eigenvalue weighted by Gasteiger charge is 2.29. The second-order valence-electron chi connectivity index (χ2n) is 7.34. The Morgan fingerprint density at radius 2 is 1.96 bits per heavy atom. The van der Waals surface area contributed by atoms with Crippen LogP contribution in [-0.4, -0.2) is 20.9 Å². The number of sulfonamides is 1. The summed E-state index contributed by atoms with van der Waals surface area (Å²) in [5, 5.41) is 0.990. The molecule has 0 aromatic heterocycles.